The van der Waals surface area contributed by atoms with Crippen molar-refractivity contribution in [2.45, 2.75) is 65.1 Å². The molecule has 0 spiro atoms. The van der Waals surface area contributed by atoms with Gasteiger partial charge in [0.05, 0.1) is 5.56 Å². The van der Waals surface area contributed by atoms with Gasteiger partial charge in [-0.3, -0.25) is 9.69 Å². The maximum absolute atomic E-state index is 13.2. The average Bonchev–Trinajstić information content (AvgIpc) is 2.65. The van der Waals surface area contributed by atoms with E-state index in [4.69, 9.17) is 10.00 Å². The molecular formula is C21H30N4O4. The number of pyridine rings is 1. The molecule has 1 aromatic heterocycles. The fourth-order valence-corrected chi connectivity index (χ4v) is 3.58. The summed E-state index contributed by atoms with van der Waals surface area (Å²) in [5, 5.41) is 18.6. The molecule has 0 aromatic carbocycles. The smallest absolute Gasteiger partial charge is 0.408 e. The van der Waals surface area contributed by atoms with E-state index in [2.05, 4.69) is 4.98 Å². The molecule has 0 aliphatic carbocycles. The average molecular weight is 402 g/mol. The van der Waals surface area contributed by atoms with Crippen LogP contribution in [0.5, 0.6) is 5.88 Å². The number of piperidine rings is 1. The minimum atomic E-state index is -1.09. The van der Waals surface area contributed by atoms with Crippen LogP contribution in [0.25, 0.3) is 0 Å². The van der Waals surface area contributed by atoms with Crippen LogP contribution in [0.1, 0.15) is 53.0 Å². The van der Waals surface area contributed by atoms with Crippen molar-refractivity contribution < 1.29 is 19.4 Å². The lowest BCUT2D eigenvalue weighted by Gasteiger charge is -2.43. The molecule has 0 radical (unpaired) electrons. The molecule has 1 atom stereocenters. The second-order valence-electron chi connectivity index (χ2n) is 8.65. The number of nitriles is 1. The van der Waals surface area contributed by atoms with Gasteiger partial charge in [0.15, 0.2) is 0 Å². The van der Waals surface area contributed by atoms with Crippen molar-refractivity contribution in [2.24, 2.45) is 5.92 Å². The van der Waals surface area contributed by atoms with E-state index in [1.54, 1.807) is 37.8 Å². The standard InChI is InChI=1S/C21H30N4O4/c1-14(2)18(25(20(27)28)21(3,4)5)19(26)24-10-8-16(9-11-24)29-17-7-6-15(12-22)13-23-17/h6-7,13-14,16,18H,8-11H2,1-5H3,(H,27,28)/t18-/m0/s1. The van der Waals surface area contributed by atoms with Crippen molar-refractivity contribution in [3.8, 4) is 11.9 Å². The van der Waals surface area contributed by atoms with Crippen LogP contribution in [0.15, 0.2) is 18.3 Å². The van der Waals surface area contributed by atoms with Crippen LogP contribution in [0.2, 0.25) is 0 Å². The minimum Gasteiger partial charge on any atom is -0.474 e. The zero-order chi connectivity index (χ0) is 21.8. The summed E-state index contributed by atoms with van der Waals surface area (Å²) in [6.45, 7) is 10.1. The first kappa shape index (κ1) is 22.5. The molecule has 1 aliphatic heterocycles. The lowest BCUT2D eigenvalue weighted by Crippen LogP contribution is -2.60. The number of hydrogen-bond donors (Lipinski definition) is 1. The second kappa shape index (κ2) is 9.12. The molecule has 1 saturated heterocycles. The Kier molecular flexibility index (Phi) is 7.07. The Bertz CT molecular complexity index is 756. The van der Waals surface area contributed by atoms with Gasteiger partial charge < -0.3 is 14.7 Å². The van der Waals surface area contributed by atoms with Gasteiger partial charge in [0.1, 0.15) is 18.2 Å². The predicted molar refractivity (Wildman–Crippen MR) is 107 cm³/mol. The Hall–Kier alpha value is -2.82. The normalized spacial score (nSPS) is 16.2. The number of aromatic nitrogens is 1. The van der Waals surface area contributed by atoms with E-state index >= 15 is 0 Å². The number of carbonyl (C=O) groups is 2. The Labute approximate surface area is 172 Å². The lowest BCUT2D eigenvalue weighted by molar-refractivity contribution is -0.142. The minimum absolute atomic E-state index is 0.0739. The van der Waals surface area contributed by atoms with E-state index in [0.717, 1.165) is 0 Å². The third-order valence-corrected chi connectivity index (χ3v) is 5.00. The predicted octanol–water partition coefficient (Wildman–Crippen LogP) is 3.13. The number of ether oxygens (including phenoxy) is 1. The topological polar surface area (TPSA) is 107 Å². The maximum atomic E-state index is 13.2. The highest BCUT2D eigenvalue weighted by molar-refractivity contribution is 5.86. The third-order valence-electron chi connectivity index (χ3n) is 5.00. The van der Waals surface area contributed by atoms with Gasteiger partial charge in [0, 0.05) is 43.7 Å². The van der Waals surface area contributed by atoms with Gasteiger partial charge in [-0.25, -0.2) is 9.78 Å². The van der Waals surface area contributed by atoms with Gasteiger partial charge >= 0.3 is 6.09 Å². The largest absolute Gasteiger partial charge is 0.474 e. The summed E-state index contributed by atoms with van der Waals surface area (Å²) < 4.78 is 5.87. The molecule has 2 heterocycles. The number of rotatable bonds is 5. The van der Waals surface area contributed by atoms with Crippen molar-refractivity contribution in [3.63, 3.8) is 0 Å². The van der Waals surface area contributed by atoms with Crippen LogP contribution in [-0.4, -0.2) is 62.7 Å². The lowest BCUT2D eigenvalue weighted by atomic mass is 9.94. The first-order valence-corrected chi connectivity index (χ1v) is 9.88. The summed E-state index contributed by atoms with van der Waals surface area (Å²) >= 11 is 0. The number of nitrogens with zero attached hydrogens (tertiary/aromatic N) is 4. The molecule has 1 aliphatic rings. The molecule has 8 nitrogen and oxygen atoms in total. The van der Waals surface area contributed by atoms with E-state index in [9.17, 15) is 14.7 Å². The molecule has 0 saturated carbocycles. The number of hydrogen-bond acceptors (Lipinski definition) is 5. The quantitative estimate of drug-likeness (QED) is 0.811. The second-order valence-corrected chi connectivity index (χ2v) is 8.65. The fourth-order valence-electron chi connectivity index (χ4n) is 3.58. The van der Waals surface area contributed by atoms with E-state index in [1.807, 2.05) is 19.9 Å². The van der Waals surface area contributed by atoms with E-state index in [1.165, 1.54) is 11.1 Å². The van der Waals surface area contributed by atoms with Crippen molar-refractivity contribution in [1.29, 1.82) is 5.26 Å². The third kappa shape index (κ3) is 5.59. The fraction of sp³-hybridized carbons (Fsp3) is 0.619. The summed E-state index contributed by atoms with van der Waals surface area (Å²) in [5.41, 5.74) is -0.210. The van der Waals surface area contributed by atoms with Crippen LogP contribution in [0.4, 0.5) is 4.79 Å². The number of amides is 2. The zero-order valence-electron chi connectivity index (χ0n) is 17.8. The van der Waals surface area contributed by atoms with E-state index in [-0.39, 0.29) is 17.9 Å². The highest BCUT2D eigenvalue weighted by Gasteiger charge is 2.41. The summed E-state index contributed by atoms with van der Waals surface area (Å²) in [5.74, 6) is 0.153. The van der Waals surface area contributed by atoms with Gasteiger partial charge in [-0.15, -0.1) is 0 Å². The van der Waals surface area contributed by atoms with Gasteiger partial charge in [0.25, 0.3) is 0 Å². The van der Waals surface area contributed by atoms with Gasteiger partial charge in [-0.2, -0.15) is 5.26 Å². The van der Waals surface area contributed by atoms with Gasteiger partial charge in [0.2, 0.25) is 11.8 Å². The molecule has 1 aromatic rings. The Balaban J connectivity index is 2.03. The molecule has 0 unspecified atom stereocenters. The van der Waals surface area contributed by atoms with Crippen molar-refractivity contribution >= 4 is 12.0 Å². The van der Waals surface area contributed by atoms with Crippen molar-refractivity contribution in [2.75, 3.05) is 13.1 Å². The van der Waals surface area contributed by atoms with Crippen molar-refractivity contribution in [3.05, 3.63) is 23.9 Å². The highest BCUT2D eigenvalue weighted by atomic mass is 16.5. The summed E-state index contributed by atoms with van der Waals surface area (Å²) in [7, 11) is 0. The van der Waals surface area contributed by atoms with Crippen LogP contribution in [0.3, 0.4) is 0 Å². The molecule has 158 valence electrons. The Morgan fingerprint density at radius 2 is 1.93 bits per heavy atom. The molecular weight excluding hydrogens is 372 g/mol. The van der Waals surface area contributed by atoms with Gasteiger partial charge in [-0.1, -0.05) is 13.8 Å². The molecule has 2 amide bonds. The van der Waals surface area contributed by atoms with Crippen LogP contribution in [-0.2, 0) is 4.79 Å². The van der Waals surface area contributed by atoms with E-state index in [0.29, 0.717) is 37.4 Å². The number of carboxylic acid groups (broad SMARTS) is 1. The monoisotopic (exact) mass is 402 g/mol. The maximum Gasteiger partial charge on any atom is 0.408 e. The Morgan fingerprint density at radius 1 is 1.31 bits per heavy atom. The first-order chi connectivity index (χ1) is 13.5. The summed E-state index contributed by atoms with van der Waals surface area (Å²) in [6, 6.07) is 4.60. The Morgan fingerprint density at radius 3 is 2.34 bits per heavy atom. The van der Waals surface area contributed by atoms with Crippen LogP contribution in [0, 0.1) is 17.2 Å². The van der Waals surface area contributed by atoms with Crippen molar-refractivity contribution in [1.82, 2.24) is 14.8 Å². The highest BCUT2D eigenvalue weighted by Crippen LogP contribution is 2.26. The van der Waals surface area contributed by atoms with E-state index < -0.39 is 17.7 Å². The SMILES string of the molecule is CC(C)[C@@H](C(=O)N1CCC(Oc2ccc(C#N)cn2)CC1)N(C(=O)O)C(C)(C)C. The zero-order valence-corrected chi connectivity index (χ0v) is 17.8. The summed E-state index contributed by atoms with van der Waals surface area (Å²) in [4.78, 5) is 32.2. The number of likely N-dealkylation sites (tertiary alicyclic amines) is 1. The molecule has 1 fully saturated rings. The molecule has 2 rings (SSSR count). The summed E-state index contributed by atoms with van der Waals surface area (Å²) in [6.07, 6.45) is 1.58. The number of carbonyl (C=O) groups excluding carboxylic acids is 1. The van der Waals surface area contributed by atoms with Crippen LogP contribution >= 0.6 is 0 Å². The molecule has 29 heavy (non-hydrogen) atoms. The molecule has 8 heteroatoms. The van der Waals surface area contributed by atoms with Gasteiger partial charge in [-0.05, 0) is 32.8 Å². The molecule has 1 N–H and O–H groups in total. The first-order valence-electron chi connectivity index (χ1n) is 9.88. The molecule has 0 bridgehead atoms. The van der Waals surface area contributed by atoms with Crippen LogP contribution < -0.4 is 4.74 Å².